The average molecular weight is 433 g/mol. The highest BCUT2D eigenvalue weighted by Crippen LogP contribution is 2.27. The molecule has 0 fully saturated rings. The third kappa shape index (κ3) is 4.82. The molecule has 0 aliphatic heterocycles. The Balaban J connectivity index is 1.95. The van der Waals surface area contributed by atoms with Gasteiger partial charge >= 0.3 is 11.9 Å². The second-order valence-corrected chi connectivity index (χ2v) is 6.68. The van der Waals surface area contributed by atoms with Crippen LogP contribution in [0.4, 0.5) is 0 Å². The van der Waals surface area contributed by atoms with Gasteiger partial charge in [0.25, 0.3) is 5.56 Å². The van der Waals surface area contributed by atoms with E-state index in [1.165, 1.54) is 18.2 Å². The molecular formula is C20H14Cl2N2O5. The van der Waals surface area contributed by atoms with Crippen molar-refractivity contribution in [2.24, 2.45) is 0 Å². The third-order valence-corrected chi connectivity index (χ3v) is 4.51. The molecule has 0 unspecified atom stereocenters. The van der Waals surface area contributed by atoms with Gasteiger partial charge in [-0.3, -0.25) is 14.2 Å². The monoisotopic (exact) mass is 432 g/mol. The van der Waals surface area contributed by atoms with E-state index < -0.39 is 29.2 Å². The average Bonchev–Trinajstić information content (AvgIpc) is 2.71. The van der Waals surface area contributed by atoms with E-state index in [0.717, 1.165) is 10.1 Å². The van der Waals surface area contributed by atoms with Crippen LogP contribution in [-0.2, 0) is 22.7 Å². The predicted molar refractivity (Wildman–Crippen MR) is 107 cm³/mol. The van der Waals surface area contributed by atoms with Gasteiger partial charge in [-0.25, -0.2) is 9.78 Å². The maximum atomic E-state index is 12.5. The van der Waals surface area contributed by atoms with E-state index in [2.05, 4.69) is 4.98 Å². The maximum Gasteiger partial charge on any atom is 0.335 e. The number of carbonyl (C=O) groups excluding carboxylic acids is 1. The number of carbonyl (C=O) groups is 2. The Hall–Kier alpha value is -3.16. The number of carboxylic acids is 1. The van der Waals surface area contributed by atoms with Crippen molar-refractivity contribution in [1.29, 1.82) is 0 Å². The molecule has 9 heteroatoms. The van der Waals surface area contributed by atoms with Gasteiger partial charge in [0.15, 0.2) is 10.3 Å². The Bertz CT molecular complexity index is 1130. The van der Waals surface area contributed by atoms with Crippen LogP contribution in [0.25, 0.3) is 11.3 Å². The van der Waals surface area contributed by atoms with Crippen molar-refractivity contribution >= 4 is 35.1 Å². The molecular weight excluding hydrogens is 419 g/mol. The molecule has 0 spiro atoms. The van der Waals surface area contributed by atoms with E-state index in [9.17, 15) is 19.5 Å². The van der Waals surface area contributed by atoms with Gasteiger partial charge in [0.2, 0.25) is 0 Å². The molecule has 2 aromatic carbocycles. The van der Waals surface area contributed by atoms with Crippen LogP contribution in [0.2, 0.25) is 10.3 Å². The summed E-state index contributed by atoms with van der Waals surface area (Å²) in [5.74, 6) is -1.84. The van der Waals surface area contributed by atoms with Gasteiger partial charge in [0, 0.05) is 5.56 Å². The maximum absolute atomic E-state index is 12.5. The summed E-state index contributed by atoms with van der Waals surface area (Å²) in [4.78, 5) is 39.9. The number of aromatic nitrogens is 2. The van der Waals surface area contributed by atoms with Crippen molar-refractivity contribution in [3.63, 3.8) is 0 Å². The number of halogens is 2. The minimum Gasteiger partial charge on any atom is -0.478 e. The normalized spacial score (nSPS) is 10.6. The summed E-state index contributed by atoms with van der Waals surface area (Å²) in [7, 11) is 0. The van der Waals surface area contributed by atoms with Crippen LogP contribution in [0, 0.1) is 0 Å². The van der Waals surface area contributed by atoms with Crippen molar-refractivity contribution < 1.29 is 19.4 Å². The number of hydrogen-bond donors (Lipinski definition) is 1. The van der Waals surface area contributed by atoms with Gasteiger partial charge in [0.05, 0.1) is 11.3 Å². The molecule has 0 saturated carbocycles. The molecule has 3 aromatic rings. The highest BCUT2D eigenvalue weighted by atomic mass is 35.5. The van der Waals surface area contributed by atoms with Crippen molar-refractivity contribution in [1.82, 2.24) is 9.55 Å². The molecule has 1 heterocycles. The standard InChI is InChI=1S/C20H14Cl2N2O5/c21-17-16(13-7-4-8-14(9-13)20(27)28)24(19(26)18(22)23-17)10-15(25)29-11-12-5-2-1-3-6-12/h1-9H,10-11H2,(H,27,28). The fourth-order valence-electron chi connectivity index (χ4n) is 2.65. The largest absolute Gasteiger partial charge is 0.478 e. The summed E-state index contributed by atoms with van der Waals surface area (Å²) in [6, 6.07) is 14.8. The van der Waals surface area contributed by atoms with Crippen LogP contribution in [0.5, 0.6) is 0 Å². The fourth-order valence-corrected chi connectivity index (χ4v) is 3.17. The summed E-state index contributed by atoms with van der Waals surface area (Å²) < 4.78 is 6.24. The summed E-state index contributed by atoms with van der Waals surface area (Å²) in [6.07, 6.45) is 0. The molecule has 29 heavy (non-hydrogen) atoms. The van der Waals surface area contributed by atoms with Crippen molar-refractivity contribution in [2.75, 3.05) is 0 Å². The third-order valence-electron chi connectivity index (χ3n) is 4.00. The highest BCUT2D eigenvalue weighted by molar-refractivity contribution is 6.33. The number of carboxylic acid groups (broad SMARTS) is 1. The molecule has 0 bridgehead atoms. The molecule has 0 amide bonds. The molecule has 3 rings (SSSR count). The van der Waals surface area contributed by atoms with Crippen LogP contribution in [0.3, 0.4) is 0 Å². The summed E-state index contributed by atoms with van der Waals surface area (Å²) in [6.45, 7) is -0.439. The zero-order valence-corrected chi connectivity index (χ0v) is 16.4. The highest BCUT2D eigenvalue weighted by Gasteiger charge is 2.20. The van der Waals surface area contributed by atoms with Gasteiger partial charge in [-0.1, -0.05) is 65.7 Å². The van der Waals surface area contributed by atoms with Gasteiger partial charge < -0.3 is 9.84 Å². The zero-order chi connectivity index (χ0) is 21.0. The number of esters is 1. The SMILES string of the molecule is O=C(Cn1c(-c2cccc(C(=O)O)c2)c(Cl)nc(Cl)c1=O)OCc1ccccc1. The lowest BCUT2D eigenvalue weighted by Gasteiger charge is -2.15. The van der Waals surface area contributed by atoms with E-state index in [-0.39, 0.29) is 23.0 Å². The van der Waals surface area contributed by atoms with Gasteiger partial charge in [-0.15, -0.1) is 0 Å². The Kier molecular flexibility index (Phi) is 6.31. The lowest BCUT2D eigenvalue weighted by molar-refractivity contribution is -0.145. The summed E-state index contributed by atoms with van der Waals surface area (Å²) >= 11 is 12.0. The van der Waals surface area contributed by atoms with Crippen LogP contribution in [0.15, 0.2) is 59.4 Å². The molecule has 7 nitrogen and oxygen atoms in total. The summed E-state index contributed by atoms with van der Waals surface area (Å²) in [5, 5.41) is 8.65. The number of ether oxygens (including phenoxy) is 1. The quantitative estimate of drug-likeness (QED) is 0.596. The Labute approximate surface area is 175 Å². The van der Waals surface area contributed by atoms with Gasteiger partial charge in [-0.2, -0.15) is 0 Å². The predicted octanol–water partition coefficient (Wildman–Crippen LogP) is 3.66. The number of nitrogens with zero attached hydrogens (tertiary/aromatic N) is 2. The first-order chi connectivity index (χ1) is 13.9. The van der Waals surface area contributed by atoms with Gasteiger partial charge in [-0.05, 0) is 17.7 Å². The molecule has 0 saturated heterocycles. The minimum absolute atomic E-state index is 0.0147. The number of rotatable bonds is 6. The van der Waals surface area contributed by atoms with Gasteiger partial charge in [0.1, 0.15) is 13.2 Å². The topological polar surface area (TPSA) is 98.5 Å². The van der Waals surface area contributed by atoms with Crippen LogP contribution in [-0.4, -0.2) is 26.6 Å². The minimum atomic E-state index is -1.15. The van der Waals surface area contributed by atoms with Crippen LogP contribution in [0.1, 0.15) is 15.9 Å². The van der Waals surface area contributed by atoms with Crippen LogP contribution < -0.4 is 5.56 Å². The second-order valence-electron chi connectivity index (χ2n) is 5.97. The molecule has 0 aliphatic carbocycles. The Morgan fingerprint density at radius 2 is 1.76 bits per heavy atom. The molecule has 0 aliphatic rings. The van der Waals surface area contributed by atoms with E-state index in [1.54, 1.807) is 18.2 Å². The molecule has 1 N–H and O–H groups in total. The fraction of sp³-hybridized carbons (Fsp3) is 0.100. The summed E-state index contributed by atoms with van der Waals surface area (Å²) in [5.41, 5.74) is 0.392. The van der Waals surface area contributed by atoms with E-state index >= 15 is 0 Å². The van der Waals surface area contributed by atoms with E-state index in [4.69, 9.17) is 27.9 Å². The number of hydrogen-bond acceptors (Lipinski definition) is 5. The van der Waals surface area contributed by atoms with Crippen molar-refractivity contribution in [3.05, 3.63) is 86.4 Å². The first-order valence-corrected chi connectivity index (χ1v) is 9.11. The first-order valence-electron chi connectivity index (χ1n) is 8.36. The first kappa shape index (κ1) is 20.6. The smallest absolute Gasteiger partial charge is 0.335 e. The molecule has 0 radical (unpaired) electrons. The molecule has 0 atom stereocenters. The molecule has 148 valence electrons. The lowest BCUT2D eigenvalue weighted by atomic mass is 10.1. The van der Waals surface area contributed by atoms with Crippen LogP contribution >= 0.6 is 23.2 Å². The van der Waals surface area contributed by atoms with E-state index in [0.29, 0.717) is 5.56 Å². The number of benzene rings is 2. The number of aromatic carboxylic acids is 1. The van der Waals surface area contributed by atoms with E-state index in [1.807, 2.05) is 18.2 Å². The van der Waals surface area contributed by atoms with Crippen molar-refractivity contribution in [2.45, 2.75) is 13.2 Å². The Morgan fingerprint density at radius 1 is 1.03 bits per heavy atom. The van der Waals surface area contributed by atoms with Crippen molar-refractivity contribution in [3.8, 4) is 11.3 Å². The second kappa shape index (κ2) is 8.89. The Morgan fingerprint density at radius 3 is 2.45 bits per heavy atom. The lowest BCUT2D eigenvalue weighted by Crippen LogP contribution is -2.28. The molecule has 1 aromatic heterocycles. The zero-order valence-electron chi connectivity index (χ0n) is 14.8.